The van der Waals surface area contributed by atoms with Crippen molar-refractivity contribution in [2.75, 3.05) is 17.2 Å². The maximum Gasteiger partial charge on any atom is 0.278 e. The highest BCUT2D eigenvalue weighted by molar-refractivity contribution is 5.54. The molecule has 2 aromatic heterocycles. The normalized spacial score (nSPS) is 26.6. The molecule has 170 valence electrons. The maximum absolute atomic E-state index is 13.1. The largest absolute Gasteiger partial charge is 0.471 e. The molecule has 1 aliphatic carbocycles. The van der Waals surface area contributed by atoms with Crippen LogP contribution in [-0.2, 0) is 11.3 Å². The number of anilines is 2. The van der Waals surface area contributed by atoms with E-state index >= 15 is 0 Å². The zero-order valence-electron chi connectivity index (χ0n) is 18.2. The lowest BCUT2D eigenvalue weighted by atomic mass is 9.79. The second-order valence-corrected chi connectivity index (χ2v) is 8.78. The number of alkyl halides is 2. The van der Waals surface area contributed by atoms with Crippen LogP contribution in [-0.4, -0.2) is 49.7 Å². The van der Waals surface area contributed by atoms with Crippen molar-refractivity contribution in [2.24, 2.45) is 0 Å². The van der Waals surface area contributed by atoms with E-state index in [1.165, 1.54) is 18.7 Å². The standard InChI is InChI=1S/C21H25F2N7O2/c1-19-5-4-15(6-20(19,2)32-19)29-16-13(7-24)9-26-18(30-16)27-10-14-8-25-12-28-17(14)31-11-21(3,22)23/h8-9,12,15H,4-6,10-11H2,1-3H3,(H2,26,27,29,30)/t15-,19-,20?/m1/s1. The summed E-state index contributed by atoms with van der Waals surface area (Å²) in [7, 11) is 0. The van der Waals surface area contributed by atoms with Gasteiger partial charge >= 0.3 is 0 Å². The first-order chi connectivity index (χ1) is 15.1. The summed E-state index contributed by atoms with van der Waals surface area (Å²) in [6.45, 7) is 4.37. The number of halogens is 2. The molecule has 0 spiro atoms. The number of epoxide rings is 1. The van der Waals surface area contributed by atoms with Gasteiger partial charge in [-0.3, -0.25) is 0 Å². The zero-order chi connectivity index (χ0) is 23.0. The number of ether oxygens (including phenoxy) is 2. The van der Waals surface area contributed by atoms with Crippen LogP contribution < -0.4 is 15.4 Å². The Morgan fingerprint density at radius 1 is 1.31 bits per heavy atom. The van der Waals surface area contributed by atoms with E-state index in [-0.39, 0.29) is 35.6 Å². The molecule has 11 heteroatoms. The minimum atomic E-state index is -2.98. The van der Waals surface area contributed by atoms with E-state index < -0.39 is 12.5 Å². The Labute approximate surface area is 184 Å². The first kappa shape index (κ1) is 22.1. The minimum Gasteiger partial charge on any atom is -0.471 e. The fourth-order valence-electron chi connectivity index (χ4n) is 4.01. The molecule has 0 aromatic carbocycles. The molecule has 2 aliphatic rings. The Kier molecular flexibility index (Phi) is 5.58. The van der Waals surface area contributed by atoms with Crippen molar-refractivity contribution in [3.8, 4) is 11.9 Å². The van der Waals surface area contributed by atoms with Gasteiger partial charge in [0.2, 0.25) is 11.8 Å². The minimum absolute atomic E-state index is 0.0547. The van der Waals surface area contributed by atoms with Crippen molar-refractivity contribution in [2.45, 2.75) is 69.7 Å². The number of fused-ring (bicyclic) bond motifs is 1. The lowest BCUT2D eigenvalue weighted by Gasteiger charge is -2.28. The molecule has 0 bridgehead atoms. The number of nitrogens with zero attached hydrogens (tertiary/aromatic N) is 5. The molecule has 1 saturated carbocycles. The third-order valence-corrected chi connectivity index (χ3v) is 6.03. The van der Waals surface area contributed by atoms with Crippen LogP contribution in [0.1, 0.15) is 51.2 Å². The molecule has 2 aromatic rings. The van der Waals surface area contributed by atoms with Crippen LogP contribution in [0.4, 0.5) is 20.5 Å². The van der Waals surface area contributed by atoms with Gasteiger partial charge in [-0.15, -0.1) is 0 Å². The van der Waals surface area contributed by atoms with Gasteiger partial charge in [0.25, 0.3) is 5.92 Å². The van der Waals surface area contributed by atoms with E-state index in [2.05, 4.69) is 50.5 Å². The molecule has 1 unspecified atom stereocenters. The van der Waals surface area contributed by atoms with Crippen LogP contribution in [0.3, 0.4) is 0 Å². The molecule has 32 heavy (non-hydrogen) atoms. The van der Waals surface area contributed by atoms with Gasteiger partial charge in [0.15, 0.2) is 6.61 Å². The molecule has 3 atom stereocenters. The van der Waals surface area contributed by atoms with Crippen molar-refractivity contribution >= 4 is 11.8 Å². The molecule has 0 amide bonds. The topological polar surface area (TPSA) is 121 Å². The first-order valence-corrected chi connectivity index (χ1v) is 10.4. The van der Waals surface area contributed by atoms with Gasteiger partial charge < -0.3 is 20.1 Å². The van der Waals surface area contributed by atoms with Gasteiger partial charge in [-0.25, -0.2) is 23.7 Å². The van der Waals surface area contributed by atoms with Crippen molar-refractivity contribution in [3.63, 3.8) is 0 Å². The van der Waals surface area contributed by atoms with Crippen LogP contribution in [0.15, 0.2) is 18.7 Å². The molecule has 9 nitrogen and oxygen atoms in total. The quantitative estimate of drug-likeness (QED) is 0.590. The monoisotopic (exact) mass is 445 g/mol. The Hall–Kier alpha value is -3.13. The third-order valence-electron chi connectivity index (χ3n) is 6.03. The summed E-state index contributed by atoms with van der Waals surface area (Å²) in [5.74, 6) is -2.21. The van der Waals surface area contributed by atoms with E-state index in [1.54, 1.807) is 0 Å². The second kappa shape index (κ2) is 8.09. The van der Waals surface area contributed by atoms with Gasteiger partial charge in [0, 0.05) is 25.7 Å². The Bertz CT molecular complexity index is 1040. The summed E-state index contributed by atoms with van der Waals surface area (Å²) in [5, 5.41) is 15.8. The summed E-state index contributed by atoms with van der Waals surface area (Å²) in [4.78, 5) is 16.5. The fraction of sp³-hybridized carbons (Fsp3) is 0.571. The van der Waals surface area contributed by atoms with Crippen LogP contribution in [0.5, 0.6) is 5.88 Å². The number of hydrogen-bond acceptors (Lipinski definition) is 9. The molecule has 4 rings (SSSR count). The van der Waals surface area contributed by atoms with Crippen molar-refractivity contribution < 1.29 is 18.3 Å². The van der Waals surface area contributed by atoms with Crippen molar-refractivity contribution in [1.82, 2.24) is 19.9 Å². The Morgan fingerprint density at radius 2 is 2.12 bits per heavy atom. The lowest BCUT2D eigenvalue weighted by molar-refractivity contribution is -0.0245. The fourth-order valence-corrected chi connectivity index (χ4v) is 4.01. The van der Waals surface area contributed by atoms with Crippen LogP contribution in [0, 0.1) is 11.3 Å². The van der Waals surface area contributed by atoms with Crippen LogP contribution in [0.25, 0.3) is 0 Å². The van der Waals surface area contributed by atoms with Gasteiger partial charge in [0.1, 0.15) is 23.8 Å². The predicted octanol–water partition coefficient (Wildman–Crippen LogP) is 3.30. The molecule has 2 N–H and O–H groups in total. The summed E-state index contributed by atoms with van der Waals surface area (Å²) in [6.07, 6.45) is 6.82. The zero-order valence-corrected chi connectivity index (χ0v) is 18.2. The number of nitrogens with one attached hydrogen (secondary N) is 2. The van der Waals surface area contributed by atoms with Gasteiger partial charge in [0.05, 0.1) is 23.0 Å². The number of aromatic nitrogens is 4. The number of hydrogen-bond donors (Lipinski definition) is 2. The summed E-state index contributed by atoms with van der Waals surface area (Å²) in [6, 6.07) is 2.24. The Morgan fingerprint density at radius 3 is 2.84 bits per heavy atom. The van der Waals surface area contributed by atoms with Crippen molar-refractivity contribution in [1.29, 1.82) is 5.26 Å². The molecule has 1 aliphatic heterocycles. The molecule has 2 fully saturated rings. The lowest BCUT2D eigenvalue weighted by Crippen LogP contribution is -2.36. The number of nitriles is 1. The molecular formula is C21H25F2N7O2. The van der Waals surface area contributed by atoms with Gasteiger partial charge in [-0.2, -0.15) is 10.2 Å². The van der Waals surface area contributed by atoms with E-state index in [4.69, 9.17) is 9.47 Å². The number of rotatable bonds is 8. The van der Waals surface area contributed by atoms with Crippen molar-refractivity contribution in [3.05, 3.63) is 29.8 Å². The van der Waals surface area contributed by atoms with E-state index in [1.807, 2.05) is 0 Å². The smallest absolute Gasteiger partial charge is 0.278 e. The SMILES string of the molecule is CC(F)(F)COc1ncncc1CNc1ncc(C#N)c(N[C@@H]2CC[C@@]3(C)OC3(C)C2)n1. The van der Waals surface area contributed by atoms with Crippen LogP contribution in [0.2, 0.25) is 0 Å². The average molecular weight is 445 g/mol. The van der Waals surface area contributed by atoms with E-state index in [0.29, 0.717) is 16.9 Å². The molecular weight excluding hydrogens is 420 g/mol. The maximum atomic E-state index is 13.1. The average Bonchev–Trinajstić information content (AvgIpc) is 3.32. The first-order valence-electron chi connectivity index (χ1n) is 10.4. The summed E-state index contributed by atoms with van der Waals surface area (Å²) < 4.78 is 37.3. The molecule has 1 saturated heterocycles. The van der Waals surface area contributed by atoms with Gasteiger partial charge in [-0.05, 0) is 33.1 Å². The third kappa shape index (κ3) is 4.70. The van der Waals surface area contributed by atoms with E-state index in [9.17, 15) is 14.0 Å². The highest BCUT2D eigenvalue weighted by Gasteiger charge is 2.65. The van der Waals surface area contributed by atoms with Crippen LogP contribution >= 0.6 is 0 Å². The predicted molar refractivity (Wildman–Crippen MR) is 111 cm³/mol. The highest BCUT2D eigenvalue weighted by atomic mass is 19.3. The highest BCUT2D eigenvalue weighted by Crippen LogP contribution is 2.57. The molecule has 3 heterocycles. The Balaban J connectivity index is 1.43. The summed E-state index contributed by atoms with van der Waals surface area (Å²) in [5.41, 5.74) is 0.608. The van der Waals surface area contributed by atoms with Gasteiger partial charge in [-0.1, -0.05) is 0 Å². The summed E-state index contributed by atoms with van der Waals surface area (Å²) >= 11 is 0. The van der Waals surface area contributed by atoms with E-state index in [0.717, 1.165) is 26.2 Å². The molecule has 0 radical (unpaired) electrons. The second-order valence-electron chi connectivity index (χ2n) is 8.78.